The zero-order valence-electron chi connectivity index (χ0n) is 14.1. The SMILES string of the molecule is C[C@@H](OC(=O)[C@H]1CC(=O)Nc2cc(F)ccc21)C(=O)NC(C)(C)C. The van der Waals surface area contributed by atoms with Gasteiger partial charge < -0.3 is 15.4 Å². The van der Waals surface area contributed by atoms with E-state index in [1.54, 1.807) is 0 Å². The summed E-state index contributed by atoms with van der Waals surface area (Å²) in [6.07, 6.45) is -1.10. The molecule has 0 unspecified atom stereocenters. The van der Waals surface area contributed by atoms with Crippen LogP contribution in [0.5, 0.6) is 0 Å². The fraction of sp³-hybridized carbons (Fsp3) is 0.471. The lowest BCUT2D eigenvalue weighted by atomic mass is 9.90. The highest BCUT2D eigenvalue weighted by atomic mass is 19.1. The number of hydrogen-bond acceptors (Lipinski definition) is 4. The Morgan fingerprint density at radius 2 is 2.04 bits per heavy atom. The first-order valence-electron chi connectivity index (χ1n) is 7.68. The molecule has 24 heavy (non-hydrogen) atoms. The van der Waals surface area contributed by atoms with Crippen LogP contribution >= 0.6 is 0 Å². The average Bonchev–Trinajstić information content (AvgIpc) is 2.43. The topological polar surface area (TPSA) is 84.5 Å². The Kier molecular flexibility index (Phi) is 4.91. The van der Waals surface area contributed by atoms with E-state index in [4.69, 9.17) is 4.74 Å². The molecular weight excluding hydrogens is 315 g/mol. The van der Waals surface area contributed by atoms with Crippen LogP contribution in [-0.4, -0.2) is 29.4 Å². The maximum absolute atomic E-state index is 13.3. The average molecular weight is 336 g/mol. The Bertz CT molecular complexity index is 682. The van der Waals surface area contributed by atoms with Gasteiger partial charge in [0.05, 0.1) is 5.92 Å². The van der Waals surface area contributed by atoms with Crippen LogP contribution in [0.4, 0.5) is 10.1 Å². The summed E-state index contributed by atoms with van der Waals surface area (Å²) in [4.78, 5) is 36.1. The van der Waals surface area contributed by atoms with Crippen molar-refractivity contribution < 1.29 is 23.5 Å². The van der Waals surface area contributed by atoms with E-state index in [9.17, 15) is 18.8 Å². The van der Waals surface area contributed by atoms with E-state index in [1.165, 1.54) is 19.1 Å². The molecule has 2 rings (SSSR count). The molecule has 0 spiro atoms. The molecule has 0 aliphatic carbocycles. The number of ether oxygens (including phenoxy) is 1. The predicted octanol–water partition coefficient (Wildman–Crippen LogP) is 2.10. The lowest BCUT2D eigenvalue weighted by Gasteiger charge is -2.27. The summed E-state index contributed by atoms with van der Waals surface area (Å²) in [5.41, 5.74) is 0.275. The third-order valence-electron chi connectivity index (χ3n) is 3.50. The molecule has 2 N–H and O–H groups in total. The zero-order valence-corrected chi connectivity index (χ0v) is 14.1. The van der Waals surface area contributed by atoms with Crippen molar-refractivity contribution in [3.8, 4) is 0 Å². The number of amides is 2. The van der Waals surface area contributed by atoms with E-state index in [-0.39, 0.29) is 12.1 Å². The quantitative estimate of drug-likeness (QED) is 0.828. The van der Waals surface area contributed by atoms with Gasteiger partial charge in [0.25, 0.3) is 5.91 Å². The third-order valence-corrected chi connectivity index (χ3v) is 3.50. The van der Waals surface area contributed by atoms with Crippen molar-refractivity contribution in [2.75, 3.05) is 5.32 Å². The van der Waals surface area contributed by atoms with Crippen molar-refractivity contribution in [1.29, 1.82) is 0 Å². The van der Waals surface area contributed by atoms with Gasteiger partial charge in [-0.2, -0.15) is 0 Å². The number of nitrogens with one attached hydrogen (secondary N) is 2. The summed E-state index contributed by atoms with van der Waals surface area (Å²) >= 11 is 0. The van der Waals surface area contributed by atoms with Gasteiger partial charge in [-0.15, -0.1) is 0 Å². The van der Waals surface area contributed by atoms with Gasteiger partial charge in [-0.3, -0.25) is 14.4 Å². The number of carbonyl (C=O) groups is 3. The zero-order chi connectivity index (χ0) is 18.1. The van der Waals surface area contributed by atoms with Gasteiger partial charge in [0, 0.05) is 17.6 Å². The fourth-order valence-electron chi connectivity index (χ4n) is 2.43. The highest BCUT2D eigenvalue weighted by Gasteiger charge is 2.34. The van der Waals surface area contributed by atoms with Crippen LogP contribution < -0.4 is 10.6 Å². The second kappa shape index (κ2) is 6.59. The summed E-state index contributed by atoms with van der Waals surface area (Å²) in [5, 5.41) is 5.24. The highest BCUT2D eigenvalue weighted by Crippen LogP contribution is 2.33. The van der Waals surface area contributed by atoms with Crippen LogP contribution in [0.2, 0.25) is 0 Å². The molecular formula is C17H21FN2O4. The number of carbonyl (C=O) groups excluding carboxylic acids is 3. The molecule has 2 atom stereocenters. The third kappa shape index (κ3) is 4.31. The van der Waals surface area contributed by atoms with Gasteiger partial charge in [-0.1, -0.05) is 6.07 Å². The Hall–Kier alpha value is -2.44. The molecule has 7 heteroatoms. The van der Waals surface area contributed by atoms with E-state index in [0.717, 1.165) is 6.07 Å². The highest BCUT2D eigenvalue weighted by molar-refractivity contribution is 6.00. The van der Waals surface area contributed by atoms with E-state index < -0.39 is 41.2 Å². The normalized spacial score (nSPS) is 18.2. The van der Waals surface area contributed by atoms with E-state index in [0.29, 0.717) is 5.56 Å². The number of fused-ring (bicyclic) bond motifs is 1. The summed E-state index contributed by atoms with van der Waals surface area (Å²) in [5.74, 6) is -2.88. The van der Waals surface area contributed by atoms with E-state index in [2.05, 4.69) is 10.6 Å². The molecule has 1 heterocycles. The molecule has 130 valence electrons. The summed E-state index contributed by atoms with van der Waals surface area (Å²) in [6, 6.07) is 3.81. The molecule has 6 nitrogen and oxygen atoms in total. The first-order chi connectivity index (χ1) is 11.1. The van der Waals surface area contributed by atoms with Crippen LogP contribution in [-0.2, 0) is 19.1 Å². The maximum atomic E-state index is 13.3. The Morgan fingerprint density at radius 1 is 1.38 bits per heavy atom. The number of hydrogen-bond donors (Lipinski definition) is 2. The van der Waals surface area contributed by atoms with Crippen LogP contribution in [0.15, 0.2) is 18.2 Å². The van der Waals surface area contributed by atoms with Crippen molar-refractivity contribution >= 4 is 23.5 Å². The largest absolute Gasteiger partial charge is 0.452 e. The van der Waals surface area contributed by atoms with Crippen molar-refractivity contribution in [1.82, 2.24) is 5.32 Å². The molecule has 0 saturated heterocycles. The number of halogens is 1. The number of esters is 1. The lowest BCUT2D eigenvalue weighted by molar-refractivity contribution is -0.157. The summed E-state index contributed by atoms with van der Waals surface area (Å²) < 4.78 is 18.5. The smallest absolute Gasteiger partial charge is 0.314 e. The number of rotatable bonds is 3. The number of benzene rings is 1. The van der Waals surface area contributed by atoms with Crippen molar-refractivity contribution in [2.45, 2.75) is 51.7 Å². The Labute approximate surface area is 139 Å². The molecule has 0 bridgehead atoms. The minimum atomic E-state index is -0.995. The molecule has 1 aromatic rings. The second-order valence-electron chi connectivity index (χ2n) is 6.85. The standard InChI is InChI=1S/C17H21FN2O4/c1-9(15(22)20-17(2,3)4)24-16(23)12-8-14(21)19-13-7-10(18)5-6-11(12)13/h5-7,9,12H,8H2,1-4H3,(H,19,21)(H,20,22)/t9-,12+/m1/s1. The predicted molar refractivity (Wildman–Crippen MR) is 85.8 cm³/mol. The van der Waals surface area contributed by atoms with Gasteiger partial charge in [0.2, 0.25) is 5.91 Å². The summed E-state index contributed by atoms with van der Waals surface area (Å²) in [7, 11) is 0. The van der Waals surface area contributed by atoms with E-state index >= 15 is 0 Å². The molecule has 0 radical (unpaired) electrons. The molecule has 0 aromatic heterocycles. The van der Waals surface area contributed by atoms with Gasteiger partial charge in [0.1, 0.15) is 5.82 Å². The monoisotopic (exact) mass is 336 g/mol. The van der Waals surface area contributed by atoms with Gasteiger partial charge in [-0.25, -0.2) is 4.39 Å². The van der Waals surface area contributed by atoms with Crippen LogP contribution in [0.3, 0.4) is 0 Å². The Morgan fingerprint density at radius 3 is 2.67 bits per heavy atom. The first kappa shape index (κ1) is 17.9. The molecule has 1 aromatic carbocycles. The second-order valence-corrected chi connectivity index (χ2v) is 6.85. The van der Waals surface area contributed by atoms with Crippen molar-refractivity contribution in [3.05, 3.63) is 29.6 Å². The van der Waals surface area contributed by atoms with Crippen molar-refractivity contribution in [3.63, 3.8) is 0 Å². The molecule has 1 aliphatic heterocycles. The van der Waals surface area contributed by atoms with Gasteiger partial charge in [-0.05, 0) is 45.4 Å². The fourth-order valence-corrected chi connectivity index (χ4v) is 2.43. The van der Waals surface area contributed by atoms with Gasteiger partial charge >= 0.3 is 5.97 Å². The van der Waals surface area contributed by atoms with Crippen molar-refractivity contribution in [2.24, 2.45) is 0 Å². The van der Waals surface area contributed by atoms with Crippen LogP contribution in [0.25, 0.3) is 0 Å². The minimum absolute atomic E-state index is 0.106. The summed E-state index contributed by atoms with van der Waals surface area (Å²) in [6.45, 7) is 6.91. The van der Waals surface area contributed by atoms with Gasteiger partial charge in [0.15, 0.2) is 6.10 Å². The molecule has 1 aliphatic rings. The number of anilines is 1. The van der Waals surface area contributed by atoms with E-state index in [1.807, 2.05) is 20.8 Å². The van der Waals surface area contributed by atoms with Crippen LogP contribution in [0.1, 0.15) is 45.6 Å². The molecule has 2 amide bonds. The molecule has 0 saturated carbocycles. The lowest BCUT2D eigenvalue weighted by Crippen LogP contribution is -2.46. The minimum Gasteiger partial charge on any atom is -0.452 e. The first-order valence-corrected chi connectivity index (χ1v) is 7.68. The van der Waals surface area contributed by atoms with Crippen LogP contribution in [0, 0.1) is 5.82 Å². The molecule has 0 fully saturated rings. The Balaban J connectivity index is 2.13. The maximum Gasteiger partial charge on any atom is 0.314 e.